The minimum Gasteiger partial charge on any atom is -0.479 e. The van der Waals surface area contributed by atoms with Gasteiger partial charge in [-0.05, 0) is 56.4 Å². The van der Waals surface area contributed by atoms with Crippen LogP contribution in [-0.4, -0.2) is 59.9 Å². The number of ether oxygens (including phenoxy) is 1. The van der Waals surface area contributed by atoms with Gasteiger partial charge in [-0.25, -0.2) is 18.5 Å². The van der Waals surface area contributed by atoms with Crippen molar-refractivity contribution >= 4 is 16.6 Å². The van der Waals surface area contributed by atoms with Crippen LogP contribution in [0.2, 0.25) is 0 Å². The van der Waals surface area contributed by atoms with Crippen LogP contribution in [0.5, 0.6) is 5.88 Å². The topological polar surface area (TPSA) is 106 Å². The number of nitrogens with one attached hydrogen (secondary N) is 1. The first-order valence-corrected chi connectivity index (χ1v) is 10.8. The Hall–Kier alpha value is -3.34. The van der Waals surface area contributed by atoms with Crippen molar-refractivity contribution in [3.8, 4) is 17.0 Å². The highest BCUT2D eigenvalue weighted by atomic mass is 19.3. The highest BCUT2D eigenvalue weighted by Gasteiger charge is 2.28. The van der Waals surface area contributed by atoms with Crippen LogP contribution in [0.15, 0.2) is 35.4 Å². The van der Waals surface area contributed by atoms with Crippen LogP contribution in [0.3, 0.4) is 0 Å². The third-order valence-electron chi connectivity index (χ3n) is 6.10. The lowest BCUT2D eigenvalue weighted by atomic mass is 9.84. The Morgan fingerprint density at radius 2 is 2.15 bits per heavy atom. The highest BCUT2D eigenvalue weighted by molar-refractivity contribution is 5.89. The van der Waals surface area contributed by atoms with E-state index < -0.39 is 18.6 Å². The second kappa shape index (κ2) is 8.22. The van der Waals surface area contributed by atoms with Crippen molar-refractivity contribution in [1.82, 2.24) is 29.6 Å². The molecule has 0 bridgehead atoms. The predicted octanol–water partition coefficient (Wildman–Crippen LogP) is 2.94. The molecule has 33 heavy (non-hydrogen) atoms. The van der Waals surface area contributed by atoms with Gasteiger partial charge < -0.3 is 9.84 Å². The average molecular weight is 458 g/mol. The number of nitrogens with zero attached hydrogens (tertiary/aromatic N) is 6. The number of methoxy groups -OCH3 is 1. The number of rotatable bonds is 5. The van der Waals surface area contributed by atoms with Crippen molar-refractivity contribution in [2.24, 2.45) is 4.99 Å². The van der Waals surface area contributed by atoms with Crippen molar-refractivity contribution in [2.75, 3.05) is 7.11 Å². The largest absolute Gasteiger partial charge is 0.479 e. The maximum Gasteiger partial charge on any atom is 0.258 e. The third-order valence-corrected chi connectivity index (χ3v) is 6.10. The summed E-state index contributed by atoms with van der Waals surface area (Å²) in [5.41, 5.74) is 2.52. The number of hydrogen-bond acceptors (Lipinski definition) is 6. The molecular formula is C22H25F2N7O2. The van der Waals surface area contributed by atoms with Crippen molar-refractivity contribution in [1.29, 1.82) is 0 Å². The van der Waals surface area contributed by atoms with Crippen LogP contribution in [-0.2, 0) is 6.54 Å². The molecule has 0 radical (unpaired) electrons. The summed E-state index contributed by atoms with van der Waals surface area (Å²) in [5.74, 6) is 0.285. The molecule has 0 unspecified atom stereocenters. The van der Waals surface area contributed by atoms with Crippen LogP contribution < -0.4 is 10.4 Å². The Balaban J connectivity index is 1.59. The van der Waals surface area contributed by atoms with E-state index in [0.717, 1.165) is 12.8 Å². The van der Waals surface area contributed by atoms with E-state index in [-0.39, 0.29) is 18.1 Å². The second-order valence-electron chi connectivity index (χ2n) is 8.65. The molecule has 0 atom stereocenters. The standard InChI is InChI=1S/C22H25F2N7O2/c1-22(32)8-5-14(6-9-22)25-21-26-20(33-2)19-15(7-10-30(19)28-21)13-3-4-16-17(11-13)31(29-27-16)12-18(23)24/h3-4,7,10-11,14,18,32H,5-6,8-9,12H2,1-2H3,(H,25,28)/i10D. The van der Waals surface area contributed by atoms with Crippen LogP contribution in [0, 0.1) is 0 Å². The van der Waals surface area contributed by atoms with E-state index in [1.165, 1.54) is 16.3 Å². The number of H-pyrrole nitrogens is 1. The summed E-state index contributed by atoms with van der Waals surface area (Å²) >= 11 is 0. The van der Waals surface area contributed by atoms with Gasteiger partial charge in [0.15, 0.2) is 0 Å². The van der Waals surface area contributed by atoms with Gasteiger partial charge in [-0.2, -0.15) is 4.98 Å². The number of benzene rings is 1. The normalized spacial score (nSPS) is 22.4. The smallest absolute Gasteiger partial charge is 0.258 e. The predicted molar refractivity (Wildman–Crippen MR) is 117 cm³/mol. The monoisotopic (exact) mass is 458 g/mol. The third kappa shape index (κ3) is 4.20. The zero-order chi connectivity index (χ0) is 24.0. The Labute approximate surface area is 189 Å². The minimum absolute atomic E-state index is 0.0142. The SMILES string of the molecule is [2H]c1cc(-c2ccc3nnn(CC(F)F)c3c2)c2c(OC)nc(=NC3CCC(C)(O)CC3)[nH]n12. The summed E-state index contributed by atoms with van der Waals surface area (Å²) in [7, 11) is 1.50. The maximum atomic E-state index is 12.9. The fraction of sp³-hybridized carbons (Fsp3) is 0.455. The van der Waals surface area contributed by atoms with Crippen molar-refractivity contribution in [2.45, 2.75) is 57.2 Å². The molecular weight excluding hydrogens is 432 g/mol. The van der Waals surface area contributed by atoms with E-state index in [1.807, 2.05) is 6.92 Å². The molecule has 1 aliphatic rings. The van der Waals surface area contributed by atoms with E-state index in [4.69, 9.17) is 6.11 Å². The molecule has 9 nitrogen and oxygen atoms in total. The lowest BCUT2D eigenvalue weighted by Gasteiger charge is -2.30. The first kappa shape index (κ1) is 20.3. The molecule has 2 N–H and O–H groups in total. The molecule has 1 fully saturated rings. The number of fused-ring (bicyclic) bond motifs is 2. The summed E-state index contributed by atoms with van der Waals surface area (Å²) in [5, 5.41) is 21.0. The average Bonchev–Trinajstić information content (AvgIpc) is 3.35. The molecule has 3 aromatic heterocycles. The Bertz CT molecular complexity index is 1420. The van der Waals surface area contributed by atoms with Crippen LogP contribution >= 0.6 is 0 Å². The second-order valence-corrected chi connectivity index (χ2v) is 8.65. The van der Waals surface area contributed by atoms with Gasteiger partial charge >= 0.3 is 0 Å². The number of aromatic amines is 1. The summed E-state index contributed by atoms with van der Waals surface area (Å²) in [6.45, 7) is 1.28. The minimum atomic E-state index is -2.56. The van der Waals surface area contributed by atoms with Crippen LogP contribution in [0.25, 0.3) is 27.7 Å². The zero-order valence-electron chi connectivity index (χ0n) is 19.3. The lowest BCUT2D eigenvalue weighted by Crippen LogP contribution is -2.33. The van der Waals surface area contributed by atoms with Crippen LogP contribution in [0.4, 0.5) is 8.78 Å². The summed E-state index contributed by atoms with van der Waals surface area (Å²) in [6, 6.07) is 6.89. The summed E-state index contributed by atoms with van der Waals surface area (Å²) in [6.07, 6.45) is 0.421. The Kier molecular flexibility index (Phi) is 5.05. The van der Waals surface area contributed by atoms with Gasteiger partial charge in [0.2, 0.25) is 11.5 Å². The first-order valence-electron chi connectivity index (χ1n) is 11.3. The van der Waals surface area contributed by atoms with Gasteiger partial charge in [0.25, 0.3) is 6.43 Å². The van der Waals surface area contributed by atoms with E-state index in [0.29, 0.717) is 46.1 Å². The molecule has 5 rings (SSSR count). The fourth-order valence-electron chi connectivity index (χ4n) is 4.30. The Morgan fingerprint density at radius 1 is 1.36 bits per heavy atom. The maximum absolute atomic E-state index is 12.9. The summed E-state index contributed by atoms with van der Waals surface area (Å²) < 4.78 is 42.6. The van der Waals surface area contributed by atoms with Gasteiger partial charge in [0.1, 0.15) is 17.6 Å². The molecule has 174 valence electrons. The molecule has 1 saturated carbocycles. The molecule has 0 saturated heterocycles. The molecule has 0 amide bonds. The van der Waals surface area contributed by atoms with E-state index in [2.05, 4.69) is 25.4 Å². The van der Waals surface area contributed by atoms with Crippen molar-refractivity contribution < 1.29 is 20.0 Å². The van der Waals surface area contributed by atoms with Crippen LogP contribution in [0.1, 0.15) is 34.0 Å². The van der Waals surface area contributed by atoms with Gasteiger partial charge in [0, 0.05) is 11.7 Å². The van der Waals surface area contributed by atoms with E-state index >= 15 is 0 Å². The quantitative estimate of drug-likeness (QED) is 0.478. The van der Waals surface area contributed by atoms with Gasteiger partial charge in [-0.15, -0.1) is 5.10 Å². The van der Waals surface area contributed by atoms with Crippen molar-refractivity contribution in [3.05, 3.63) is 36.1 Å². The summed E-state index contributed by atoms with van der Waals surface area (Å²) in [4.78, 5) is 9.20. The molecule has 4 aromatic rings. The molecule has 3 heterocycles. The molecule has 1 aliphatic carbocycles. The molecule has 0 aliphatic heterocycles. The number of aromatic nitrogens is 6. The first-order chi connectivity index (χ1) is 16.2. The number of alkyl halides is 2. The number of hydrogen-bond donors (Lipinski definition) is 2. The highest BCUT2D eigenvalue weighted by Crippen LogP contribution is 2.32. The number of halogens is 2. The lowest BCUT2D eigenvalue weighted by molar-refractivity contribution is 0.0176. The van der Waals surface area contributed by atoms with Gasteiger partial charge in [-0.1, -0.05) is 11.3 Å². The van der Waals surface area contributed by atoms with E-state index in [1.54, 1.807) is 24.3 Å². The fourth-order valence-corrected chi connectivity index (χ4v) is 4.30. The molecule has 0 spiro atoms. The van der Waals surface area contributed by atoms with Gasteiger partial charge in [0.05, 0.1) is 25.6 Å². The zero-order valence-corrected chi connectivity index (χ0v) is 18.3. The molecule has 11 heteroatoms. The molecule has 1 aromatic carbocycles. The number of aliphatic hydroxyl groups is 1. The van der Waals surface area contributed by atoms with Gasteiger partial charge in [-0.3, -0.25) is 9.61 Å². The van der Waals surface area contributed by atoms with E-state index in [9.17, 15) is 13.9 Å². The Morgan fingerprint density at radius 3 is 2.88 bits per heavy atom. The van der Waals surface area contributed by atoms with Crippen molar-refractivity contribution in [3.63, 3.8) is 0 Å².